The highest BCUT2D eigenvalue weighted by Gasteiger charge is 2.09. The molecule has 0 aliphatic heterocycles. The van der Waals surface area contributed by atoms with Gasteiger partial charge in [-0.1, -0.05) is 0 Å². The molecule has 0 radical (unpaired) electrons. The number of fused-ring (bicyclic) bond motifs is 1. The summed E-state index contributed by atoms with van der Waals surface area (Å²) in [7, 11) is 3.42. The minimum absolute atomic E-state index is 0.923. The number of ether oxygens (including phenoxy) is 2. The molecular formula is C14H16O2S2. The summed E-state index contributed by atoms with van der Waals surface area (Å²) in [6, 6.07) is 8.46. The maximum absolute atomic E-state index is 5.42. The molecule has 0 unspecified atom stereocenters. The Kier molecular flexibility index (Phi) is 4.30. The lowest BCUT2D eigenvalue weighted by Gasteiger charge is -2.12. The van der Waals surface area contributed by atoms with Crippen LogP contribution in [0, 0.1) is 0 Å². The number of hydrogen-bond acceptors (Lipinski definition) is 4. The van der Waals surface area contributed by atoms with E-state index in [1.165, 1.54) is 10.8 Å². The molecule has 96 valence electrons. The van der Waals surface area contributed by atoms with Crippen LogP contribution in [0.3, 0.4) is 0 Å². The number of thioether (sulfide) groups is 2. The quantitative estimate of drug-likeness (QED) is 0.777. The van der Waals surface area contributed by atoms with Gasteiger partial charge >= 0.3 is 0 Å². The zero-order valence-electron chi connectivity index (χ0n) is 10.9. The summed E-state index contributed by atoms with van der Waals surface area (Å²) >= 11 is 3.37. The van der Waals surface area contributed by atoms with Crippen LogP contribution in [-0.2, 0) is 0 Å². The second kappa shape index (κ2) is 5.76. The molecule has 0 bridgehead atoms. The van der Waals surface area contributed by atoms with E-state index in [2.05, 4.69) is 36.8 Å². The second-order valence-corrected chi connectivity index (χ2v) is 5.46. The highest BCUT2D eigenvalue weighted by molar-refractivity contribution is 7.99. The monoisotopic (exact) mass is 280 g/mol. The number of benzene rings is 2. The van der Waals surface area contributed by atoms with Crippen LogP contribution in [0.4, 0.5) is 0 Å². The highest BCUT2D eigenvalue weighted by Crippen LogP contribution is 2.37. The van der Waals surface area contributed by atoms with Crippen LogP contribution in [0.25, 0.3) is 10.8 Å². The van der Waals surface area contributed by atoms with E-state index >= 15 is 0 Å². The summed E-state index contributed by atoms with van der Waals surface area (Å²) in [5.41, 5.74) is 0. The molecule has 0 fully saturated rings. The summed E-state index contributed by atoms with van der Waals surface area (Å²) in [5, 5.41) is 2.35. The van der Waals surface area contributed by atoms with Crippen molar-refractivity contribution in [1.82, 2.24) is 0 Å². The summed E-state index contributed by atoms with van der Waals surface area (Å²) < 4.78 is 10.8. The van der Waals surface area contributed by atoms with E-state index in [1.807, 2.05) is 0 Å². The first-order valence-electron chi connectivity index (χ1n) is 5.51. The SMILES string of the molecule is COc1cc2cc(SC)c(OC)cc2cc1SC. The van der Waals surface area contributed by atoms with E-state index in [0.29, 0.717) is 0 Å². The third-order valence-electron chi connectivity index (χ3n) is 2.85. The summed E-state index contributed by atoms with van der Waals surface area (Å²) in [6.07, 6.45) is 4.11. The maximum Gasteiger partial charge on any atom is 0.133 e. The van der Waals surface area contributed by atoms with Crippen molar-refractivity contribution in [3.05, 3.63) is 24.3 Å². The molecule has 0 aliphatic rings. The molecule has 2 nitrogen and oxygen atoms in total. The van der Waals surface area contributed by atoms with Gasteiger partial charge < -0.3 is 9.47 Å². The molecule has 0 spiro atoms. The third-order valence-corrected chi connectivity index (χ3v) is 4.36. The lowest BCUT2D eigenvalue weighted by molar-refractivity contribution is 0.404. The topological polar surface area (TPSA) is 18.5 Å². The lowest BCUT2D eigenvalue weighted by atomic mass is 10.1. The van der Waals surface area contributed by atoms with Crippen LogP contribution in [0.5, 0.6) is 11.5 Å². The van der Waals surface area contributed by atoms with Crippen LogP contribution in [0.1, 0.15) is 0 Å². The van der Waals surface area contributed by atoms with E-state index in [-0.39, 0.29) is 0 Å². The molecule has 0 aromatic heterocycles. The average Bonchev–Trinajstić information content (AvgIpc) is 2.43. The first kappa shape index (κ1) is 13.4. The van der Waals surface area contributed by atoms with Gasteiger partial charge in [-0.05, 0) is 47.5 Å². The van der Waals surface area contributed by atoms with Gasteiger partial charge in [0.1, 0.15) is 11.5 Å². The van der Waals surface area contributed by atoms with Crippen LogP contribution >= 0.6 is 23.5 Å². The van der Waals surface area contributed by atoms with Gasteiger partial charge in [0.25, 0.3) is 0 Å². The van der Waals surface area contributed by atoms with Crippen LogP contribution in [0.15, 0.2) is 34.1 Å². The van der Waals surface area contributed by atoms with Crippen molar-refractivity contribution in [1.29, 1.82) is 0 Å². The molecule has 0 N–H and O–H groups in total. The minimum atomic E-state index is 0.923. The van der Waals surface area contributed by atoms with Crippen molar-refractivity contribution in [3.63, 3.8) is 0 Å². The Morgan fingerprint density at radius 2 is 1.11 bits per heavy atom. The summed E-state index contributed by atoms with van der Waals surface area (Å²) in [6.45, 7) is 0. The maximum atomic E-state index is 5.42. The van der Waals surface area contributed by atoms with Gasteiger partial charge in [0.05, 0.1) is 14.2 Å². The second-order valence-electron chi connectivity index (χ2n) is 3.76. The number of hydrogen-bond donors (Lipinski definition) is 0. The number of rotatable bonds is 4. The van der Waals surface area contributed by atoms with Crippen LogP contribution < -0.4 is 9.47 Å². The molecular weight excluding hydrogens is 264 g/mol. The smallest absolute Gasteiger partial charge is 0.133 e. The Labute approximate surface area is 116 Å². The molecule has 4 heteroatoms. The molecule has 0 atom stereocenters. The predicted molar refractivity (Wildman–Crippen MR) is 80.6 cm³/mol. The average molecular weight is 280 g/mol. The summed E-state index contributed by atoms with van der Waals surface area (Å²) in [5.74, 6) is 1.85. The standard InChI is InChI=1S/C14H16O2S2/c1-15-11-5-9-8-14(18-4)12(16-2)6-10(9)7-13(11)17-3/h5-8H,1-4H3. The number of methoxy groups -OCH3 is 2. The van der Waals surface area contributed by atoms with E-state index in [0.717, 1.165) is 21.3 Å². The van der Waals surface area contributed by atoms with Crippen LogP contribution in [-0.4, -0.2) is 26.7 Å². The van der Waals surface area contributed by atoms with Crippen LogP contribution in [0.2, 0.25) is 0 Å². The Hall–Kier alpha value is -1.00. The predicted octanol–water partition coefficient (Wildman–Crippen LogP) is 4.30. The first-order valence-corrected chi connectivity index (χ1v) is 7.96. The fraction of sp³-hybridized carbons (Fsp3) is 0.286. The van der Waals surface area contributed by atoms with Crippen molar-refractivity contribution >= 4 is 34.3 Å². The first-order chi connectivity index (χ1) is 8.73. The fourth-order valence-corrected chi connectivity index (χ4v) is 3.08. The van der Waals surface area contributed by atoms with Crippen molar-refractivity contribution in [2.75, 3.05) is 26.7 Å². The zero-order valence-corrected chi connectivity index (χ0v) is 12.6. The minimum Gasteiger partial charge on any atom is -0.496 e. The van der Waals surface area contributed by atoms with Gasteiger partial charge in [0.2, 0.25) is 0 Å². The Bertz CT molecular complexity index is 470. The van der Waals surface area contributed by atoms with E-state index in [1.54, 1.807) is 37.7 Å². The van der Waals surface area contributed by atoms with Gasteiger partial charge in [-0.15, -0.1) is 23.5 Å². The van der Waals surface area contributed by atoms with Gasteiger partial charge in [-0.25, -0.2) is 0 Å². The molecule has 0 saturated heterocycles. The molecule has 0 amide bonds. The van der Waals surface area contributed by atoms with Gasteiger partial charge in [-0.3, -0.25) is 0 Å². The summed E-state index contributed by atoms with van der Waals surface area (Å²) in [4.78, 5) is 2.29. The lowest BCUT2D eigenvalue weighted by Crippen LogP contribution is -1.89. The normalized spacial score (nSPS) is 10.7. The molecule has 0 heterocycles. The molecule has 0 saturated carbocycles. The van der Waals surface area contributed by atoms with E-state index < -0.39 is 0 Å². The Balaban J connectivity index is 2.69. The van der Waals surface area contributed by atoms with Crippen molar-refractivity contribution in [2.24, 2.45) is 0 Å². The van der Waals surface area contributed by atoms with Crippen molar-refractivity contribution in [3.8, 4) is 11.5 Å². The van der Waals surface area contributed by atoms with E-state index in [9.17, 15) is 0 Å². The van der Waals surface area contributed by atoms with Gasteiger partial charge in [-0.2, -0.15) is 0 Å². The van der Waals surface area contributed by atoms with Crippen molar-refractivity contribution in [2.45, 2.75) is 9.79 Å². The third kappa shape index (κ3) is 2.40. The van der Waals surface area contributed by atoms with Crippen molar-refractivity contribution < 1.29 is 9.47 Å². The largest absolute Gasteiger partial charge is 0.496 e. The molecule has 0 aliphatic carbocycles. The van der Waals surface area contributed by atoms with E-state index in [4.69, 9.17) is 9.47 Å². The van der Waals surface area contributed by atoms with Gasteiger partial charge in [0, 0.05) is 9.79 Å². The Morgan fingerprint density at radius 3 is 1.39 bits per heavy atom. The zero-order chi connectivity index (χ0) is 13.1. The molecule has 2 rings (SSSR count). The molecule has 2 aromatic rings. The molecule has 2 aromatic carbocycles. The fourth-order valence-electron chi connectivity index (χ4n) is 1.90. The Morgan fingerprint density at radius 1 is 0.722 bits per heavy atom. The highest BCUT2D eigenvalue weighted by atomic mass is 32.2. The molecule has 18 heavy (non-hydrogen) atoms. The van der Waals surface area contributed by atoms with Gasteiger partial charge in [0.15, 0.2) is 0 Å².